The van der Waals surface area contributed by atoms with Crippen molar-refractivity contribution >= 4 is 43.5 Å². The first-order valence-corrected chi connectivity index (χ1v) is 7.20. The highest BCUT2D eigenvalue weighted by Gasteiger charge is 2.20. The molecule has 110 valence electrons. The summed E-state index contributed by atoms with van der Waals surface area (Å²) in [5, 5.41) is 24.6. The number of rotatable bonds is 0. The van der Waals surface area contributed by atoms with Crippen LogP contribution in [0.15, 0.2) is 57.7 Å². The Kier molecular flexibility index (Phi) is 2.10. The van der Waals surface area contributed by atoms with Crippen LogP contribution in [0.2, 0.25) is 0 Å². The van der Waals surface area contributed by atoms with Crippen LogP contribution in [0.25, 0.3) is 43.5 Å². The normalized spacial score (nSPS) is 12.0. The summed E-state index contributed by atoms with van der Waals surface area (Å²) in [6.07, 6.45) is 0. The number of fused-ring (bicyclic) bond motifs is 2. The van der Waals surface area contributed by atoms with Gasteiger partial charge in [-0.1, -0.05) is 24.3 Å². The lowest BCUT2D eigenvalue weighted by Crippen LogP contribution is -2.00. The van der Waals surface area contributed by atoms with Gasteiger partial charge in [-0.25, -0.2) is 0 Å². The summed E-state index contributed by atoms with van der Waals surface area (Å²) in [4.78, 5) is 12.2. The van der Waals surface area contributed by atoms with Crippen molar-refractivity contribution < 1.29 is 14.6 Å². The summed E-state index contributed by atoms with van der Waals surface area (Å²) in [7, 11) is 0. The average molecular weight is 302 g/mol. The Morgan fingerprint density at radius 1 is 0.783 bits per heavy atom. The summed E-state index contributed by atoms with van der Waals surface area (Å²) < 4.78 is 5.85. The predicted molar refractivity (Wildman–Crippen MR) is 89.5 cm³/mol. The molecule has 2 N–H and O–H groups in total. The van der Waals surface area contributed by atoms with E-state index >= 15 is 0 Å². The first-order chi connectivity index (χ1) is 11.1. The van der Waals surface area contributed by atoms with E-state index < -0.39 is 0 Å². The van der Waals surface area contributed by atoms with Gasteiger partial charge in [-0.15, -0.1) is 0 Å². The molecule has 0 unspecified atom stereocenters. The predicted octanol–water partition coefficient (Wildman–Crippen LogP) is 4.10. The highest BCUT2D eigenvalue weighted by molar-refractivity contribution is 6.29. The molecule has 4 aromatic carbocycles. The number of phenolic OH excluding ortho intramolecular Hbond substituents is 2. The summed E-state index contributed by atoms with van der Waals surface area (Å²) in [6.45, 7) is 0. The van der Waals surface area contributed by atoms with Crippen LogP contribution in [-0.4, -0.2) is 10.2 Å². The number of hydrogen-bond donors (Lipinski definition) is 2. The largest absolute Gasteiger partial charge is 0.507 e. The fraction of sp³-hybridized carbons (Fsp3) is 0. The summed E-state index contributed by atoms with van der Waals surface area (Å²) in [5.74, 6) is -0.0106. The fourth-order valence-corrected chi connectivity index (χ4v) is 3.44. The second-order valence-corrected chi connectivity index (χ2v) is 5.68. The van der Waals surface area contributed by atoms with Crippen LogP contribution >= 0.6 is 0 Å². The van der Waals surface area contributed by atoms with Crippen molar-refractivity contribution in [1.82, 2.24) is 0 Å². The van der Waals surface area contributed by atoms with E-state index in [2.05, 4.69) is 0 Å². The van der Waals surface area contributed by atoms with Gasteiger partial charge < -0.3 is 14.6 Å². The SMILES string of the molecule is O=c1ccc2cc(O)c3oc4ccccc4c4c(O)cc1c2c34. The second kappa shape index (κ2) is 3.93. The Morgan fingerprint density at radius 2 is 1.61 bits per heavy atom. The van der Waals surface area contributed by atoms with Gasteiger partial charge in [0.1, 0.15) is 11.3 Å². The molecular formula is C19H10O4. The second-order valence-electron chi connectivity index (χ2n) is 5.68. The minimum atomic E-state index is -0.171. The molecule has 5 aromatic rings. The van der Waals surface area contributed by atoms with Crippen LogP contribution in [-0.2, 0) is 0 Å². The lowest BCUT2D eigenvalue weighted by Gasteiger charge is -2.14. The van der Waals surface area contributed by atoms with Gasteiger partial charge in [-0.05, 0) is 29.7 Å². The van der Waals surface area contributed by atoms with Crippen molar-refractivity contribution in [3.05, 3.63) is 58.8 Å². The molecule has 0 fully saturated rings. The maximum absolute atomic E-state index is 12.2. The molecule has 0 radical (unpaired) electrons. The van der Waals surface area contributed by atoms with Crippen LogP contribution in [0, 0.1) is 0 Å². The lowest BCUT2D eigenvalue weighted by molar-refractivity contribution is 0.468. The maximum atomic E-state index is 12.2. The average Bonchev–Trinajstić information content (AvgIpc) is 2.56. The first-order valence-electron chi connectivity index (χ1n) is 7.20. The summed E-state index contributed by atoms with van der Waals surface area (Å²) in [5.41, 5.74) is 0.666. The zero-order valence-corrected chi connectivity index (χ0v) is 11.8. The summed E-state index contributed by atoms with van der Waals surface area (Å²) >= 11 is 0. The van der Waals surface area contributed by atoms with E-state index in [0.29, 0.717) is 27.1 Å². The van der Waals surface area contributed by atoms with Crippen molar-refractivity contribution in [2.45, 2.75) is 0 Å². The van der Waals surface area contributed by atoms with Crippen molar-refractivity contribution in [1.29, 1.82) is 0 Å². The molecule has 5 rings (SSSR count). The molecule has 4 nitrogen and oxygen atoms in total. The molecule has 0 amide bonds. The number of benzene rings is 4. The molecular weight excluding hydrogens is 292 g/mol. The maximum Gasteiger partial charge on any atom is 0.186 e. The monoisotopic (exact) mass is 302 g/mol. The third kappa shape index (κ3) is 1.42. The topological polar surface area (TPSA) is 70.7 Å². The first kappa shape index (κ1) is 12.3. The summed E-state index contributed by atoms with van der Waals surface area (Å²) in [6, 6.07) is 13.5. The minimum Gasteiger partial charge on any atom is -0.507 e. The van der Waals surface area contributed by atoms with E-state index in [9.17, 15) is 15.0 Å². The Morgan fingerprint density at radius 3 is 2.48 bits per heavy atom. The van der Waals surface area contributed by atoms with Crippen molar-refractivity contribution in [3.8, 4) is 11.5 Å². The Bertz CT molecular complexity index is 1300. The van der Waals surface area contributed by atoms with Gasteiger partial charge in [-0.3, -0.25) is 4.79 Å². The van der Waals surface area contributed by atoms with Crippen LogP contribution in [0.1, 0.15) is 0 Å². The number of para-hydroxylation sites is 1. The van der Waals surface area contributed by atoms with Gasteiger partial charge in [0, 0.05) is 26.9 Å². The third-order valence-corrected chi connectivity index (χ3v) is 4.40. The highest BCUT2D eigenvalue weighted by Crippen LogP contribution is 2.45. The Hall–Kier alpha value is -3.27. The van der Waals surface area contributed by atoms with Gasteiger partial charge in [-0.2, -0.15) is 0 Å². The third-order valence-electron chi connectivity index (χ3n) is 4.40. The molecule has 0 saturated carbocycles. The van der Waals surface area contributed by atoms with Gasteiger partial charge in [0.2, 0.25) is 0 Å². The molecule has 0 bridgehead atoms. The molecule has 1 heterocycles. The quantitative estimate of drug-likeness (QED) is 0.334. The van der Waals surface area contributed by atoms with Crippen LogP contribution in [0.3, 0.4) is 0 Å². The number of aromatic hydroxyl groups is 2. The van der Waals surface area contributed by atoms with Crippen LogP contribution in [0.4, 0.5) is 0 Å². The number of hydrogen-bond acceptors (Lipinski definition) is 4. The van der Waals surface area contributed by atoms with E-state index in [4.69, 9.17) is 4.42 Å². The Balaban J connectivity index is 2.29. The zero-order valence-electron chi connectivity index (χ0n) is 11.8. The molecule has 0 atom stereocenters. The number of phenols is 2. The standard InChI is InChI=1S/C19H10O4/c20-12-6-5-9-7-14(22)19-18-16(9)11(12)8-13(21)17(18)10-3-1-2-4-15(10)23-19/h1-8,21-22H. The van der Waals surface area contributed by atoms with Crippen LogP contribution in [0.5, 0.6) is 11.5 Å². The van der Waals surface area contributed by atoms with Gasteiger partial charge in [0.15, 0.2) is 16.8 Å². The van der Waals surface area contributed by atoms with Crippen molar-refractivity contribution in [2.75, 3.05) is 0 Å². The zero-order chi connectivity index (χ0) is 15.7. The van der Waals surface area contributed by atoms with Crippen molar-refractivity contribution in [2.24, 2.45) is 0 Å². The van der Waals surface area contributed by atoms with Crippen LogP contribution < -0.4 is 5.43 Å². The van der Waals surface area contributed by atoms with E-state index in [1.807, 2.05) is 18.2 Å². The molecule has 0 aliphatic rings. The van der Waals surface area contributed by atoms with E-state index in [1.165, 1.54) is 12.1 Å². The molecule has 0 saturated heterocycles. The fourth-order valence-electron chi connectivity index (χ4n) is 3.44. The molecule has 0 spiro atoms. The molecule has 0 aliphatic heterocycles. The molecule has 0 aliphatic carbocycles. The van der Waals surface area contributed by atoms with Gasteiger partial charge in [0.05, 0.1) is 0 Å². The highest BCUT2D eigenvalue weighted by atomic mass is 16.4. The molecule has 4 heteroatoms. The lowest BCUT2D eigenvalue weighted by atomic mass is 9.94. The Labute approximate surface area is 129 Å². The van der Waals surface area contributed by atoms with Crippen molar-refractivity contribution in [3.63, 3.8) is 0 Å². The molecule has 23 heavy (non-hydrogen) atoms. The smallest absolute Gasteiger partial charge is 0.186 e. The van der Waals surface area contributed by atoms with E-state index in [1.54, 1.807) is 18.2 Å². The van der Waals surface area contributed by atoms with Gasteiger partial charge >= 0.3 is 0 Å². The van der Waals surface area contributed by atoms with E-state index in [-0.39, 0.29) is 22.5 Å². The van der Waals surface area contributed by atoms with E-state index in [0.717, 1.165) is 10.8 Å². The molecule has 1 aromatic heterocycles. The van der Waals surface area contributed by atoms with Gasteiger partial charge in [0.25, 0.3) is 0 Å². The minimum absolute atomic E-state index is 0.00435.